The van der Waals surface area contributed by atoms with Crippen molar-refractivity contribution in [3.05, 3.63) is 12.2 Å². The lowest BCUT2D eigenvalue weighted by molar-refractivity contribution is -0.165. The monoisotopic (exact) mass is 410 g/mol. The molecular weight excluding hydrogens is 368 g/mol. The number of unbranched alkanes of at least 4 members (excludes halogenated alkanes) is 11. The van der Waals surface area contributed by atoms with Crippen molar-refractivity contribution < 1.29 is 24.2 Å². The topological polar surface area (TPSA) is 80.7 Å². The van der Waals surface area contributed by atoms with Crippen molar-refractivity contribution in [2.24, 2.45) is 5.92 Å². The molecule has 0 fully saturated rings. The molecule has 29 heavy (non-hydrogen) atoms. The number of rotatable bonds is 19. The zero-order valence-electron chi connectivity index (χ0n) is 18.8. The van der Waals surface area contributed by atoms with E-state index in [0.29, 0.717) is 6.42 Å². The Bertz CT molecular complexity index is 495. The summed E-state index contributed by atoms with van der Waals surface area (Å²) in [4.78, 5) is 34.6. The molecule has 0 aromatic heterocycles. The number of esters is 1. The number of ketones is 1. The third kappa shape index (κ3) is 15.9. The van der Waals surface area contributed by atoms with Crippen molar-refractivity contribution in [3.63, 3.8) is 0 Å². The molecule has 0 radical (unpaired) electrons. The highest BCUT2D eigenvalue weighted by Gasteiger charge is 2.29. The van der Waals surface area contributed by atoms with Crippen molar-refractivity contribution >= 4 is 17.7 Å². The van der Waals surface area contributed by atoms with E-state index in [1.807, 2.05) is 0 Å². The fourth-order valence-electron chi connectivity index (χ4n) is 3.21. The highest BCUT2D eigenvalue weighted by molar-refractivity contribution is 6.03. The van der Waals surface area contributed by atoms with Crippen molar-refractivity contribution in [1.82, 2.24) is 0 Å². The number of carbonyl (C=O) groups is 3. The minimum atomic E-state index is -1.72. The minimum absolute atomic E-state index is 0.0789. The summed E-state index contributed by atoms with van der Waals surface area (Å²) < 4.78 is 4.72. The summed E-state index contributed by atoms with van der Waals surface area (Å²) in [6.07, 6.45) is 14.0. The average molecular weight is 411 g/mol. The van der Waals surface area contributed by atoms with Crippen LogP contribution >= 0.6 is 0 Å². The Morgan fingerprint density at radius 2 is 1.21 bits per heavy atom. The number of hydrogen-bond donors (Lipinski definition) is 1. The van der Waals surface area contributed by atoms with E-state index < -0.39 is 23.8 Å². The summed E-state index contributed by atoms with van der Waals surface area (Å²) in [6, 6.07) is 0. The molecule has 0 aromatic carbocycles. The highest BCUT2D eigenvalue weighted by Crippen LogP contribution is 2.15. The molecular formula is C24H42O5. The third-order valence-corrected chi connectivity index (χ3v) is 5.04. The standard InChI is InChI=1S/C24H42O5/c1-19(2)17-15-13-11-9-7-5-6-8-10-12-14-16-18-21(25)22(23(26)27)29-24(28)20(3)4/h19,22H,3,5-18H2,1-2,4H3,(H,26,27). The Hall–Kier alpha value is -1.65. The van der Waals surface area contributed by atoms with Gasteiger partial charge in [-0.2, -0.15) is 0 Å². The van der Waals surface area contributed by atoms with Gasteiger partial charge in [0.2, 0.25) is 0 Å². The van der Waals surface area contributed by atoms with Crippen LogP contribution in [0.15, 0.2) is 12.2 Å². The van der Waals surface area contributed by atoms with E-state index in [4.69, 9.17) is 9.84 Å². The SMILES string of the molecule is C=C(C)C(=O)OC(C(=O)O)C(=O)CCCCCCCCCCCCCCC(C)C. The van der Waals surface area contributed by atoms with Gasteiger partial charge in [-0.25, -0.2) is 9.59 Å². The van der Waals surface area contributed by atoms with Gasteiger partial charge in [0.15, 0.2) is 5.78 Å². The molecule has 1 N–H and O–H groups in total. The molecule has 0 spiro atoms. The first-order valence-electron chi connectivity index (χ1n) is 11.4. The normalized spacial score (nSPS) is 12.0. The Morgan fingerprint density at radius 1 is 0.793 bits per heavy atom. The summed E-state index contributed by atoms with van der Waals surface area (Å²) in [5.41, 5.74) is 0.0789. The number of carbonyl (C=O) groups excluding carboxylic acids is 2. The number of carboxylic acids is 1. The maximum Gasteiger partial charge on any atom is 0.352 e. The van der Waals surface area contributed by atoms with Gasteiger partial charge in [-0.05, 0) is 19.3 Å². The molecule has 5 nitrogen and oxygen atoms in total. The van der Waals surface area contributed by atoms with Gasteiger partial charge in [-0.15, -0.1) is 0 Å². The summed E-state index contributed by atoms with van der Waals surface area (Å²) in [7, 11) is 0. The van der Waals surface area contributed by atoms with Gasteiger partial charge in [0.05, 0.1) is 0 Å². The molecule has 168 valence electrons. The molecule has 0 aromatic rings. The van der Waals surface area contributed by atoms with Crippen molar-refractivity contribution in [3.8, 4) is 0 Å². The average Bonchev–Trinajstić information content (AvgIpc) is 2.65. The Kier molecular flexibility index (Phi) is 16.2. The molecule has 0 saturated carbocycles. The van der Waals surface area contributed by atoms with Crippen LogP contribution in [-0.4, -0.2) is 28.9 Å². The van der Waals surface area contributed by atoms with Crippen LogP contribution in [0, 0.1) is 5.92 Å². The summed E-state index contributed by atoms with van der Waals surface area (Å²) in [5.74, 6) is -2.00. The van der Waals surface area contributed by atoms with Gasteiger partial charge in [0.25, 0.3) is 6.10 Å². The fraction of sp³-hybridized carbons (Fsp3) is 0.792. The van der Waals surface area contributed by atoms with Gasteiger partial charge in [0, 0.05) is 12.0 Å². The molecule has 0 aliphatic carbocycles. The number of Topliss-reactive ketones (excluding diaryl/α,β-unsaturated/α-hetero) is 1. The van der Waals surface area contributed by atoms with Gasteiger partial charge >= 0.3 is 11.9 Å². The largest absolute Gasteiger partial charge is 0.478 e. The van der Waals surface area contributed by atoms with Crippen LogP contribution in [0.1, 0.15) is 111 Å². The maximum atomic E-state index is 12.0. The molecule has 0 aliphatic heterocycles. The molecule has 1 atom stereocenters. The van der Waals surface area contributed by atoms with Crippen LogP contribution in [0.25, 0.3) is 0 Å². The predicted molar refractivity (Wildman–Crippen MR) is 117 cm³/mol. The van der Waals surface area contributed by atoms with Gasteiger partial charge in [-0.3, -0.25) is 4.79 Å². The zero-order chi connectivity index (χ0) is 22.1. The van der Waals surface area contributed by atoms with Gasteiger partial charge < -0.3 is 9.84 Å². The first-order chi connectivity index (χ1) is 13.8. The Balaban J connectivity index is 3.61. The zero-order valence-corrected chi connectivity index (χ0v) is 18.8. The van der Waals surface area contributed by atoms with E-state index in [1.54, 1.807) is 0 Å². The number of carboxylic acid groups (broad SMARTS) is 1. The molecule has 0 aliphatic rings. The van der Waals surface area contributed by atoms with Gasteiger partial charge in [0.1, 0.15) is 0 Å². The van der Waals surface area contributed by atoms with E-state index in [1.165, 1.54) is 64.7 Å². The highest BCUT2D eigenvalue weighted by atomic mass is 16.6. The van der Waals surface area contributed by atoms with E-state index in [2.05, 4.69) is 20.4 Å². The van der Waals surface area contributed by atoms with E-state index in [0.717, 1.165) is 25.2 Å². The Labute approximate surface area is 177 Å². The maximum absolute atomic E-state index is 12.0. The third-order valence-electron chi connectivity index (χ3n) is 5.04. The molecule has 0 amide bonds. The quantitative estimate of drug-likeness (QED) is 0.118. The van der Waals surface area contributed by atoms with Crippen LogP contribution in [0.5, 0.6) is 0 Å². The van der Waals surface area contributed by atoms with E-state index in [-0.39, 0.29) is 12.0 Å². The number of ether oxygens (including phenoxy) is 1. The predicted octanol–water partition coefficient (Wildman–Crippen LogP) is 6.25. The lowest BCUT2D eigenvalue weighted by Gasteiger charge is -2.12. The molecule has 1 unspecified atom stereocenters. The van der Waals surface area contributed by atoms with Crippen molar-refractivity contribution in [1.29, 1.82) is 0 Å². The molecule has 0 saturated heterocycles. The number of hydrogen-bond acceptors (Lipinski definition) is 4. The summed E-state index contributed by atoms with van der Waals surface area (Å²) in [6.45, 7) is 9.38. The second-order valence-corrected chi connectivity index (χ2v) is 8.55. The lowest BCUT2D eigenvalue weighted by atomic mass is 10.0. The van der Waals surface area contributed by atoms with Crippen LogP contribution in [0.4, 0.5) is 0 Å². The first-order valence-corrected chi connectivity index (χ1v) is 11.4. The summed E-state index contributed by atoms with van der Waals surface area (Å²) >= 11 is 0. The number of aliphatic carboxylic acids is 1. The molecule has 0 heterocycles. The lowest BCUT2D eigenvalue weighted by Crippen LogP contribution is -2.35. The second-order valence-electron chi connectivity index (χ2n) is 8.55. The molecule has 5 heteroatoms. The second kappa shape index (κ2) is 17.2. The first kappa shape index (κ1) is 27.4. The minimum Gasteiger partial charge on any atom is -0.478 e. The van der Waals surface area contributed by atoms with Crippen LogP contribution in [0.3, 0.4) is 0 Å². The summed E-state index contributed by atoms with van der Waals surface area (Å²) in [5, 5.41) is 9.07. The van der Waals surface area contributed by atoms with Gasteiger partial charge in [-0.1, -0.05) is 97.5 Å². The van der Waals surface area contributed by atoms with E-state index in [9.17, 15) is 14.4 Å². The van der Waals surface area contributed by atoms with Crippen molar-refractivity contribution in [2.75, 3.05) is 0 Å². The van der Waals surface area contributed by atoms with E-state index >= 15 is 0 Å². The van der Waals surface area contributed by atoms with Crippen LogP contribution in [-0.2, 0) is 19.1 Å². The molecule has 0 rings (SSSR count). The Morgan fingerprint density at radius 3 is 1.59 bits per heavy atom. The smallest absolute Gasteiger partial charge is 0.352 e. The van der Waals surface area contributed by atoms with Crippen LogP contribution < -0.4 is 0 Å². The molecule has 0 bridgehead atoms. The van der Waals surface area contributed by atoms with Crippen molar-refractivity contribution in [2.45, 2.75) is 117 Å². The van der Waals surface area contributed by atoms with Crippen LogP contribution in [0.2, 0.25) is 0 Å². The fourth-order valence-corrected chi connectivity index (χ4v) is 3.21.